The number of carbonyl (C=O) groups excluding carboxylic acids is 1. The third-order valence-corrected chi connectivity index (χ3v) is 4.42. The average Bonchev–Trinajstić information content (AvgIpc) is 2.54. The van der Waals surface area contributed by atoms with E-state index in [0.717, 1.165) is 46.8 Å². The first-order valence-electron chi connectivity index (χ1n) is 6.59. The van der Waals surface area contributed by atoms with Gasteiger partial charge >= 0.3 is 0 Å². The minimum absolute atomic E-state index is 0.0999. The van der Waals surface area contributed by atoms with Gasteiger partial charge in [0.05, 0.1) is 18.2 Å². The molecule has 20 heavy (non-hydrogen) atoms. The standard InChI is InChI=1S/C15H16N2O2S/c1-19-11-2-3-12-13(4-5-16-14(12)10-11)15(18)17-6-8-20-9-7-17/h2-5,10H,6-9H2,1H3. The summed E-state index contributed by atoms with van der Waals surface area (Å²) in [4.78, 5) is 18.9. The summed E-state index contributed by atoms with van der Waals surface area (Å²) in [7, 11) is 1.63. The summed E-state index contributed by atoms with van der Waals surface area (Å²) in [5.41, 5.74) is 1.52. The SMILES string of the molecule is COc1ccc2c(C(=O)N3CCSCC3)ccnc2c1. The average molecular weight is 288 g/mol. The molecule has 1 aliphatic rings. The number of rotatable bonds is 2. The number of thioether (sulfide) groups is 1. The number of hydrogen-bond donors (Lipinski definition) is 0. The Labute approximate surface area is 122 Å². The summed E-state index contributed by atoms with van der Waals surface area (Å²) in [6.45, 7) is 1.65. The predicted molar refractivity (Wildman–Crippen MR) is 81.5 cm³/mol. The number of hydrogen-bond acceptors (Lipinski definition) is 4. The Morgan fingerprint density at radius 3 is 2.85 bits per heavy atom. The van der Waals surface area contributed by atoms with Crippen LogP contribution in [0.5, 0.6) is 5.75 Å². The molecule has 2 aromatic rings. The van der Waals surface area contributed by atoms with Gasteiger partial charge in [-0.2, -0.15) is 11.8 Å². The van der Waals surface area contributed by atoms with Gasteiger partial charge in [-0.1, -0.05) is 0 Å². The Balaban J connectivity index is 2.00. The molecule has 0 saturated carbocycles. The van der Waals surface area contributed by atoms with E-state index in [1.807, 2.05) is 34.9 Å². The first-order valence-corrected chi connectivity index (χ1v) is 7.75. The molecule has 3 rings (SSSR count). The second-order valence-corrected chi connectivity index (χ2v) is 5.87. The number of carbonyl (C=O) groups is 1. The second kappa shape index (κ2) is 5.71. The number of methoxy groups -OCH3 is 1. The van der Waals surface area contributed by atoms with Crippen LogP contribution in [0, 0.1) is 0 Å². The second-order valence-electron chi connectivity index (χ2n) is 4.65. The van der Waals surface area contributed by atoms with Crippen LogP contribution in [0.25, 0.3) is 10.9 Å². The molecule has 1 saturated heterocycles. The highest BCUT2D eigenvalue weighted by Crippen LogP contribution is 2.23. The minimum Gasteiger partial charge on any atom is -0.497 e. The number of pyridine rings is 1. The van der Waals surface area contributed by atoms with E-state index in [-0.39, 0.29) is 5.91 Å². The van der Waals surface area contributed by atoms with Crippen LogP contribution in [0.2, 0.25) is 0 Å². The zero-order chi connectivity index (χ0) is 13.9. The predicted octanol–water partition coefficient (Wildman–Crippen LogP) is 2.43. The van der Waals surface area contributed by atoms with Crippen molar-refractivity contribution < 1.29 is 9.53 Å². The topological polar surface area (TPSA) is 42.4 Å². The molecular formula is C15H16N2O2S. The molecule has 1 amide bonds. The molecule has 0 bridgehead atoms. The van der Waals surface area contributed by atoms with Crippen LogP contribution in [-0.4, -0.2) is 47.5 Å². The number of amides is 1. The van der Waals surface area contributed by atoms with E-state index in [0.29, 0.717) is 0 Å². The maximum Gasteiger partial charge on any atom is 0.254 e. The monoisotopic (exact) mass is 288 g/mol. The lowest BCUT2D eigenvalue weighted by Crippen LogP contribution is -2.38. The minimum atomic E-state index is 0.0999. The van der Waals surface area contributed by atoms with Crippen molar-refractivity contribution in [1.82, 2.24) is 9.88 Å². The van der Waals surface area contributed by atoms with Gasteiger partial charge in [0.1, 0.15) is 5.75 Å². The van der Waals surface area contributed by atoms with Gasteiger partial charge in [-0.15, -0.1) is 0 Å². The quantitative estimate of drug-likeness (QED) is 0.851. The van der Waals surface area contributed by atoms with E-state index in [1.165, 1.54) is 0 Å². The largest absolute Gasteiger partial charge is 0.497 e. The summed E-state index contributed by atoms with van der Waals surface area (Å²) in [6, 6.07) is 7.44. The van der Waals surface area contributed by atoms with Gasteiger partial charge in [0.15, 0.2) is 0 Å². The molecule has 104 valence electrons. The van der Waals surface area contributed by atoms with Crippen molar-refractivity contribution in [3.05, 3.63) is 36.0 Å². The van der Waals surface area contributed by atoms with Crippen LogP contribution in [0.15, 0.2) is 30.5 Å². The number of benzene rings is 1. The van der Waals surface area contributed by atoms with E-state index in [2.05, 4.69) is 4.98 Å². The van der Waals surface area contributed by atoms with Crippen LogP contribution in [0.1, 0.15) is 10.4 Å². The van der Waals surface area contributed by atoms with Gasteiger partial charge in [-0.3, -0.25) is 9.78 Å². The van der Waals surface area contributed by atoms with Gasteiger partial charge in [0.25, 0.3) is 5.91 Å². The molecule has 4 nitrogen and oxygen atoms in total. The van der Waals surface area contributed by atoms with Gasteiger partial charge in [-0.05, 0) is 18.2 Å². The highest BCUT2D eigenvalue weighted by molar-refractivity contribution is 7.99. The van der Waals surface area contributed by atoms with E-state index >= 15 is 0 Å². The van der Waals surface area contributed by atoms with E-state index in [4.69, 9.17) is 4.74 Å². The highest BCUT2D eigenvalue weighted by Gasteiger charge is 2.20. The van der Waals surface area contributed by atoms with Gasteiger partial charge < -0.3 is 9.64 Å². The van der Waals surface area contributed by atoms with Crippen molar-refractivity contribution in [2.45, 2.75) is 0 Å². The van der Waals surface area contributed by atoms with Gasteiger partial charge in [0.2, 0.25) is 0 Å². The van der Waals surface area contributed by atoms with E-state index in [9.17, 15) is 4.79 Å². The Hall–Kier alpha value is -1.75. The van der Waals surface area contributed by atoms with Gasteiger partial charge in [0, 0.05) is 42.2 Å². The van der Waals surface area contributed by atoms with Crippen molar-refractivity contribution in [2.24, 2.45) is 0 Å². The Kier molecular flexibility index (Phi) is 3.78. The van der Waals surface area contributed by atoms with Crippen LogP contribution in [0.3, 0.4) is 0 Å². The molecule has 0 atom stereocenters. The normalized spacial score (nSPS) is 15.3. The fourth-order valence-electron chi connectivity index (χ4n) is 2.38. The van der Waals surface area contributed by atoms with Crippen molar-refractivity contribution in [3.63, 3.8) is 0 Å². The summed E-state index contributed by atoms with van der Waals surface area (Å²) in [5.74, 6) is 2.89. The number of nitrogens with zero attached hydrogens (tertiary/aromatic N) is 2. The molecule has 0 unspecified atom stereocenters. The van der Waals surface area contributed by atoms with Crippen molar-refractivity contribution in [1.29, 1.82) is 0 Å². The summed E-state index contributed by atoms with van der Waals surface area (Å²) in [5, 5.41) is 0.886. The van der Waals surface area contributed by atoms with Crippen LogP contribution in [0.4, 0.5) is 0 Å². The summed E-state index contributed by atoms with van der Waals surface area (Å²) < 4.78 is 5.20. The fraction of sp³-hybridized carbons (Fsp3) is 0.333. The Morgan fingerprint density at radius 1 is 1.30 bits per heavy atom. The smallest absolute Gasteiger partial charge is 0.254 e. The number of ether oxygens (including phenoxy) is 1. The van der Waals surface area contributed by atoms with Crippen LogP contribution in [-0.2, 0) is 0 Å². The van der Waals surface area contributed by atoms with Gasteiger partial charge in [-0.25, -0.2) is 0 Å². The molecule has 1 aliphatic heterocycles. The first-order chi connectivity index (χ1) is 9.79. The Bertz CT molecular complexity index is 639. The van der Waals surface area contributed by atoms with Crippen molar-refractivity contribution in [3.8, 4) is 5.75 Å². The summed E-state index contributed by atoms with van der Waals surface area (Å²) >= 11 is 1.90. The molecule has 1 fully saturated rings. The lowest BCUT2D eigenvalue weighted by atomic mass is 10.1. The lowest BCUT2D eigenvalue weighted by Gasteiger charge is -2.26. The highest BCUT2D eigenvalue weighted by atomic mass is 32.2. The first kappa shape index (κ1) is 13.2. The Morgan fingerprint density at radius 2 is 2.10 bits per heavy atom. The van der Waals surface area contributed by atoms with Crippen LogP contribution >= 0.6 is 11.8 Å². The molecule has 1 aromatic carbocycles. The molecule has 0 spiro atoms. The van der Waals surface area contributed by atoms with Crippen molar-refractivity contribution in [2.75, 3.05) is 31.7 Å². The molecule has 0 radical (unpaired) electrons. The zero-order valence-corrected chi connectivity index (χ0v) is 12.2. The van der Waals surface area contributed by atoms with Crippen LogP contribution < -0.4 is 4.74 Å². The van der Waals surface area contributed by atoms with E-state index in [1.54, 1.807) is 19.4 Å². The fourth-order valence-corrected chi connectivity index (χ4v) is 3.28. The molecule has 0 aliphatic carbocycles. The maximum absolute atomic E-state index is 12.6. The lowest BCUT2D eigenvalue weighted by molar-refractivity contribution is 0.0774. The summed E-state index contributed by atoms with van der Waals surface area (Å²) in [6.07, 6.45) is 1.69. The molecule has 5 heteroatoms. The number of aromatic nitrogens is 1. The van der Waals surface area contributed by atoms with E-state index < -0.39 is 0 Å². The zero-order valence-electron chi connectivity index (χ0n) is 11.3. The molecule has 0 N–H and O–H groups in total. The molecule has 1 aromatic heterocycles. The third kappa shape index (κ3) is 2.45. The maximum atomic E-state index is 12.6. The molecular weight excluding hydrogens is 272 g/mol. The molecule has 2 heterocycles. The number of fused-ring (bicyclic) bond motifs is 1. The van der Waals surface area contributed by atoms with Crippen molar-refractivity contribution >= 4 is 28.6 Å². The third-order valence-electron chi connectivity index (χ3n) is 3.48.